The fourth-order valence-electron chi connectivity index (χ4n) is 3.26. The molecule has 1 heterocycles. The molecule has 1 saturated heterocycles. The maximum atomic E-state index is 13.6. The molecule has 0 spiro atoms. The molecular formula is C21H29F2N3O4. The van der Waals surface area contributed by atoms with Crippen LogP contribution in [0.2, 0.25) is 0 Å². The average Bonchev–Trinajstić information content (AvgIpc) is 2.67. The molecule has 166 valence electrons. The van der Waals surface area contributed by atoms with Gasteiger partial charge in [0.15, 0.2) is 11.6 Å². The monoisotopic (exact) mass is 425 g/mol. The van der Waals surface area contributed by atoms with Gasteiger partial charge in [0.1, 0.15) is 11.6 Å². The Balaban J connectivity index is 1.93. The van der Waals surface area contributed by atoms with Gasteiger partial charge in [0, 0.05) is 26.6 Å². The summed E-state index contributed by atoms with van der Waals surface area (Å²) in [5.74, 6) is -2.99. The maximum absolute atomic E-state index is 13.6. The molecule has 9 heteroatoms. The molecule has 0 saturated carbocycles. The quantitative estimate of drug-likeness (QED) is 0.759. The van der Waals surface area contributed by atoms with Gasteiger partial charge in [-0.15, -0.1) is 0 Å². The Morgan fingerprint density at radius 3 is 2.33 bits per heavy atom. The van der Waals surface area contributed by atoms with Crippen molar-refractivity contribution in [3.8, 4) is 0 Å². The molecule has 1 aromatic rings. The van der Waals surface area contributed by atoms with Crippen molar-refractivity contribution in [2.45, 2.75) is 51.7 Å². The molecule has 3 amide bonds. The van der Waals surface area contributed by atoms with Gasteiger partial charge in [0.05, 0.1) is 0 Å². The van der Waals surface area contributed by atoms with Crippen molar-refractivity contribution in [3.05, 3.63) is 35.4 Å². The van der Waals surface area contributed by atoms with Crippen LogP contribution in [0.4, 0.5) is 13.6 Å². The summed E-state index contributed by atoms with van der Waals surface area (Å²) in [5, 5.41) is 5.01. The highest BCUT2D eigenvalue weighted by molar-refractivity contribution is 5.88. The SMILES string of the molecule is CNC(=O)C(NC(=O)CC1CCN(C(=O)OC(C)(C)C)CC1)c1ccc(F)c(F)c1. The van der Waals surface area contributed by atoms with Crippen molar-refractivity contribution in [2.24, 2.45) is 5.92 Å². The van der Waals surface area contributed by atoms with E-state index in [0.29, 0.717) is 25.9 Å². The lowest BCUT2D eigenvalue weighted by molar-refractivity contribution is -0.129. The second kappa shape index (κ2) is 9.86. The second-order valence-corrected chi connectivity index (χ2v) is 8.40. The van der Waals surface area contributed by atoms with Gasteiger partial charge in [-0.3, -0.25) is 9.59 Å². The van der Waals surface area contributed by atoms with E-state index in [9.17, 15) is 23.2 Å². The number of nitrogens with one attached hydrogen (secondary N) is 2. The number of halogens is 2. The number of nitrogens with zero attached hydrogens (tertiary/aromatic N) is 1. The molecule has 2 N–H and O–H groups in total. The third-order valence-electron chi connectivity index (χ3n) is 4.83. The van der Waals surface area contributed by atoms with Crippen molar-refractivity contribution >= 4 is 17.9 Å². The molecule has 0 aromatic heterocycles. The van der Waals surface area contributed by atoms with Crippen LogP contribution >= 0.6 is 0 Å². The number of ether oxygens (including phenoxy) is 1. The van der Waals surface area contributed by atoms with E-state index in [2.05, 4.69) is 10.6 Å². The van der Waals surface area contributed by atoms with Gasteiger partial charge >= 0.3 is 6.09 Å². The fourth-order valence-corrected chi connectivity index (χ4v) is 3.26. The summed E-state index contributed by atoms with van der Waals surface area (Å²) in [4.78, 5) is 38.4. The Labute approximate surface area is 175 Å². The van der Waals surface area contributed by atoms with E-state index in [1.807, 2.05) is 0 Å². The Kier molecular flexibility index (Phi) is 7.75. The highest BCUT2D eigenvalue weighted by Crippen LogP contribution is 2.23. The van der Waals surface area contributed by atoms with Crippen LogP contribution in [0.15, 0.2) is 18.2 Å². The molecule has 0 aliphatic carbocycles. The van der Waals surface area contributed by atoms with Gasteiger partial charge in [-0.2, -0.15) is 0 Å². The van der Waals surface area contributed by atoms with Gasteiger partial charge in [-0.1, -0.05) is 6.07 Å². The summed E-state index contributed by atoms with van der Waals surface area (Å²) in [6.45, 7) is 6.37. The van der Waals surface area contributed by atoms with E-state index in [4.69, 9.17) is 4.74 Å². The number of rotatable bonds is 5. The minimum Gasteiger partial charge on any atom is -0.444 e. The molecule has 7 nitrogen and oxygen atoms in total. The largest absolute Gasteiger partial charge is 0.444 e. The maximum Gasteiger partial charge on any atom is 0.410 e. The lowest BCUT2D eigenvalue weighted by Crippen LogP contribution is -2.43. The van der Waals surface area contributed by atoms with Crippen molar-refractivity contribution in [2.75, 3.05) is 20.1 Å². The van der Waals surface area contributed by atoms with Gasteiger partial charge in [-0.25, -0.2) is 13.6 Å². The van der Waals surface area contributed by atoms with Gasteiger partial charge < -0.3 is 20.3 Å². The zero-order valence-corrected chi connectivity index (χ0v) is 17.8. The number of carbonyl (C=O) groups excluding carboxylic acids is 3. The van der Waals surface area contributed by atoms with Crippen molar-refractivity contribution in [3.63, 3.8) is 0 Å². The van der Waals surface area contributed by atoms with Gasteiger partial charge in [0.25, 0.3) is 0 Å². The lowest BCUT2D eigenvalue weighted by Gasteiger charge is -2.33. The van der Waals surface area contributed by atoms with Gasteiger partial charge in [-0.05, 0) is 57.2 Å². The Morgan fingerprint density at radius 1 is 1.17 bits per heavy atom. The van der Waals surface area contributed by atoms with Crippen LogP contribution in [-0.2, 0) is 14.3 Å². The third kappa shape index (κ3) is 6.67. The van der Waals surface area contributed by atoms with Crippen LogP contribution < -0.4 is 10.6 Å². The molecule has 30 heavy (non-hydrogen) atoms. The second-order valence-electron chi connectivity index (χ2n) is 8.40. The van der Waals surface area contributed by atoms with Crippen molar-refractivity contribution < 1.29 is 27.9 Å². The summed E-state index contributed by atoms with van der Waals surface area (Å²) < 4.78 is 32.1. The van der Waals surface area contributed by atoms with Crippen LogP contribution in [0.25, 0.3) is 0 Å². The number of hydrogen-bond donors (Lipinski definition) is 2. The first-order valence-corrected chi connectivity index (χ1v) is 9.94. The summed E-state index contributed by atoms with van der Waals surface area (Å²) in [6.07, 6.45) is 1.05. The van der Waals surface area contributed by atoms with Crippen LogP contribution in [0.1, 0.15) is 51.6 Å². The first-order chi connectivity index (χ1) is 14.0. The summed E-state index contributed by atoms with van der Waals surface area (Å²) in [5.41, 5.74) is -0.413. The van der Waals surface area contributed by atoms with E-state index in [0.717, 1.165) is 12.1 Å². The number of hydrogen-bond acceptors (Lipinski definition) is 4. The minimum absolute atomic E-state index is 0.0407. The van der Waals surface area contributed by atoms with E-state index in [1.54, 1.807) is 25.7 Å². The molecule has 1 fully saturated rings. The van der Waals surface area contributed by atoms with E-state index >= 15 is 0 Å². The summed E-state index contributed by atoms with van der Waals surface area (Å²) >= 11 is 0. The highest BCUT2D eigenvalue weighted by atomic mass is 19.2. The molecular weight excluding hydrogens is 396 g/mol. The summed E-state index contributed by atoms with van der Waals surface area (Å²) in [7, 11) is 1.40. The number of likely N-dealkylation sites (N-methyl/N-ethyl adjacent to an activating group) is 1. The Hall–Kier alpha value is -2.71. The minimum atomic E-state index is -1.13. The molecule has 2 rings (SSSR count). The Bertz CT molecular complexity index is 787. The Morgan fingerprint density at radius 2 is 1.80 bits per heavy atom. The summed E-state index contributed by atoms with van der Waals surface area (Å²) in [6, 6.07) is 1.95. The van der Waals surface area contributed by atoms with E-state index in [-0.39, 0.29) is 29.9 Å². The van der Waals surface area contributed by atoms with Gasteiger partial charge in [0.2, 0.25) is 11.8 Å². The molecule has 1 unspecified atom stereocenters. The number of amides is 3. The number of benzene rings is 1. The smallest absolute Gasteiger partial charge is 0.410 e. The molecule has 1 aliphatic heterocycles. The van der Waals surface area contributed by atoms with Crippen molar-refractivity contribution in [1.82, 2.24) is 15.5 Å². The van der Waals surface area contributed by atoms with E-state index < -0.39 is 29.2 Å². The number of likely N-dealkylation sites (tertiary alicyclic amines) is 1. The van der Waals surface area contributed by atoms with Crippen LogP contribution in [-0.4, -0.2) is 48.5 Å². The predicted octanol–water partition coefficient (Wildman–Crippen LogP) is 2.91. The lowest BCUT2D eigenvalue weighted by atomic mass is 9.93. The van der Waals surface area contributed by atoms with E-state index in [1.165, 1.54) is 13.1 Å². The zero-order chi connectivity index (χ0) is 22.5. The first kappa shape index (κ1) is 23.6. The molecule has 1 aliphatic rings. The number of piperidine rings is 1. The zero-order valence-electron chi connectivity index (χ0n) is 17.8. The molecule has 0 bridgehead atoms. The topological polar surface area (TPSA) is 87.7 Å². The van der Waals surface area contributed by atoms with Crippen molar-refractivity contribution in [1.29, 1.82) is 0 Å². The standard InChI is InChI=1S/C21H29F2N3O4/c1-21(2,3)30-20(29)26-9-7-13(8-10-26)11-17(27)25-18(19(28)24-4)14-5-6-15(22)16(23)12-14/h5-6,12-13,18H,7-11H2,1-4H3,(H,24,28)(H,25,27). The molecule has 0 radical (unpaired) electrons. The predicted molar refractivity (Wildman–Crippen MR) is 106 cm³/mol. The first-order valence-electron chi connectivity index (χ1n) is 9.94. The average molecular weight is 425 g/mol. The van der Waals surface area contributed by atoms with Crippen LogP contribution in [0, 0.1) is 17.6 Å². The fraction of sp³-hybridized carbons (Fsp3) is 0.571. The van der Waals surface area contributed by atoms with Crippen LogP contribution in [0.3, 0.4) is 0 Å². The molecule has 1 atom stereocenters. The number of carbonyl (C=O) groups is 3. The third-order valence-corrected chi connectivity index (χ3v) is 4.83. The normalized spacial score (nSPS) is 16.0. The van der Waals surface area contributed by atoms with Crippen LogP contribution in [0.5, 0.6) is 0 Å². The highest BCUT2D eigenvalue weighted by Gasteiger charge is 2.29. The molecule has 1 aromatic carbocycles.